The van der Waals surface area contributed by atoms with Crippen LogP contribution in [-0.4, -0.2) is 22.3 Å². The Morgan fingerprint density at radius 1 is 1.35 bits per heavy atom. The summed E-state index contributed by atoms with van der Waals surface area (Å²) >= 11 is 0. The van der Waals surface area contributed by atoms with Gasteiger partial charge in [0.25, 0.3) is 0 Å². The second-order valence-electron chi connectivity index (χ2n) is 5.19. The van der Waals surface area contributed by atoms with Crippen LogP contribution < -0.4 is 5.73 Å². The molecule has 0 aromatic heterocycles. The number of aliphatic hydroxyl groups excluding tert-OH is 1. The molecule has 1 aliphatic rings. The van der Waals surface area contributed by atoms with Crippen molar-refractivity contribution < 1.29 is 15.0 Å². The first-order valence-corrected chi connectivity index (χ1v) is 6.80. The van der Waals surface area contributed by atoms with E-state index in [1.54, 1.807) is 6.08 Å². The van der Waals surface area contributed by atoms with E-state index in [-0.39, 0.29) is 6.04 Å². The van der Waals surface area contributed by atoms with Crippen molar-refractivity contribution in [2.75, 3.05) is 0 Å². The zero-order chi connectivity index (χ0) is 15.1. The summed E-state index contributed by atoms with van der Waals surface area (Å²) in [7, 11) is 0. The van der Waals surface area contributed by atoms with Gasteiger partial charge in [0.2, 0.25) is 0 Å². The molecule has 1 aliphatic carbocycles. The highest BCUT2D eigenvalue weighted by Crippen LogP contribution is 2.23. The van der Waals surface area contributed by atoms with Gasteiger partial charge in [-0.3, -0.25) is 4.79 Å². The Hall–Kier alpha value is -1.65. The fourth-order valence-corrected chi connectivity index (χ4v) is 2.07. The summed E-state index contributed by atoms with van der Waals surface area (Å²) in [6, 6.07) is 10.2. The fourth-order valence-electron chi connectivity index (χ4n) is 2.07. The van der Waals surface area contributed by atoms with Crippen LogP contribution in [0.25, 0.3) is 0 Å². The number of hydrogen-bond acceptors (Lipinski definition) is 3. The van der Waals surface area contributed by atoms with E-state index in [0.29, 0.717) is 6.42 Å². The molecular formula is C16H23NO3. The number of carboxylic acid groups (broad SMARTS) is 1. The molecule has 0 saturated heterocycles. The van der Waals surface area contributed by atoms with Gasteiger partial charge in [-0.25, -0.2) is 0 Å². The summed E-state index contributed by atoms with van der Waals surface area (Å²) in [6.45, 7) is 3.89. The van der Waals surface area contributed by atoms with Crippen molar-refractivity contribution in [1.82, 2.24) is 0 Å². The first-order valence-electron chi connectivity index (χ1n) is 6.80. The van der Waals surface area contributed by atoms with E-state index in [1.165, 1.54) is 5.56 Å². The summed E-state index contributed by atoms with van der Waals surface area (Å²) in [6.07, 6.45) is 2.18. The highest BCUT2D eigenvalue weighted by molar-refractivity contribution is 5.71. The average molecular weight is 277 g/mol. The van der Waals surface area contributed by atoms with E-state index < -0.39 is 18.0 Å². The van der Waals surface area contributed by atoms with E-state index in [0.717, 1.165) is 12.0 Å². The molecule has 0 amide bonds. The Kier molecular flexibility index (Phi) is 6.42. The molecule has 0 aliphatic heterocycles. The minimum atomic E-state index is -0.902. The monoisotopic (exact) mass is 277 g/mol. The predicted octanol–water partition coefficient (Wildman–Crippen LogP) is 2.49. The van der Waals surface area contributed by atoms with E-state index in [2.05, 4.69) is 0 Å². The van der Waals surface area contributed by atoms with Crippen LogP contribution in [-0.2, 0) is 4.79 Å². The lowest BCUT2D eigenvalue weighted by Crippen LogP contribution is -2.29. The summed E-state index contributed by atoms with van der Waals surface area (Å²) in [5.41, 5.74) is 7.88. The molecule has 1 aromatic carbocycles. The van der Waals surface area contributed by atoms with Crippen LogP contribution in [0.15, 0.2) is 42.0 Å². The van der Waals surface area contributed by atoms with Crippen LogP contribution in [0, 0.1) is 5.92 Å². The van der Waals surface area contributed by atoms with Crippen molar-refractivity contribution in [2.45, 2.75) is 38.8 Å². The third-order valence-electron chi connectivity index (χ3n) is 3.36. The molecule has 0 spiro atoms. The summed E-state index contributed by atoms with van der Waals surface area (Å²) in [5, 5.41) is 17.9. The third kappa shape index (κ3) is 5.15. The molecule has 3 atom stereocenters. The zero-order valence-corrected chi connectivity index (χ0v) is 12.0. The van der Waals surface area contributed by atoms with Crippen molar-refractivity contribution in [3.05, 3.63) is 47.5 Å². The van der Waals surface area contributed by atoms with E-state index >= 15 is 0 Å². The lowest BCUT2D eigenvalue weighted by atomic mass is 9.88. The minimum absolute atomic E-state index is 0.159. The molecule has 4 nitrogen and oxygen atoms in total. The van der Waals surface area contributed by atoms with Crippen LogP contribution in [0.5, 0.6) is 0 Å². The van der Waals surface area contributed by atoms with Crippen molar-refractivity contribution in [3.8, 4) is 0 Å². The SMILES string of the molecule is CC(N)c1ccccc1.CC1=CC(O)C(C(=O)O)CC1. The van der Waals surface area contributed by atoms with Gasteiger partial charge in [0, 0.05) is 6.04 Å². The Balaban J connectivity index is 0.000000204. The molecule has 4 heteroatoms. The predicted molar refractivity (Wildman–Crippen MR) is 79.2 cm³/mol. The number of carbonyl (C=O) groups is 1. The van der Waals surface area contributed by atoms with E-state index in [9.17, 15) is 9.90 Å². The number of carboxylic acids is 1. The van der Waals surface area contributed by atoms with Gasteiger partial charge < -0.3 is 15.9 Å². The van der Waals surface area contributed by atoms with Gasteiger partial charge >= 0.3 is 5.97 Å². The van der Waals surface area contributed by atoms with Crippen LogP contribution in [0.4, 0.5) is 0 Å². The van der Waals surface area contributed by atoms with Crippen molar-refractivity contribution >= 4 is 5.97 Å². The second-order valence-corrected chi connectivity index (χ2v) is 5.19. The minimum Gasteiger partial charge on any atom is -0.481 e. The Labute approximate surface area is 119 Å². The zero-order valence-electron chi connectivity index (χ0n) is 12.0. The molecule has 110 valence electrons. The number of aliphatic carboxylic acids is 1. The summed E-state index contributed by atoms with van der Waals surface area (Å²) < 4.78 is 0. The maximum Gasteiger partial charge on any atom is 0.309 e. The molecule has 2 rings (SSSR count). The average Bonchev–Trinajstić information content (AvgIpc) is 2.40. The Morgan fingerprint density at radius 2 is 1.95 bits per heavy atom. The van der Waals surface area contributed by atoms with Crippen LogP contribution >= 0.6 is 0 Å². The van der Waals surface area contributed by atoms with E-state index in [1.807, 2.05) is 44.2 Å². The van der Waals surface area contributed by atoms with Crippen molar-refractivity contribution in [1.29, 1.82) is 0 Å². The second kappa shape index (κ2) is 7.82. The van der Waals surface area contributed by atoms with Gasteiger partial charge in [-0.15, -0.1) is 0 Å². The third-order valence-corrected chi connectivity index (χ3v) is 3.36. The number of aliphatic hydroxyl groups is 1. The molecule has 0 radical (unpaired) electrons. The van der Waals surface area contributed by atoms with Gasteiger partial charge in [-0.05, 0) is 32.3 Å². The molecule has 20 heavy (non-hydrogen) atoms. The Bertz CT molecular complexity index is 454. The molecule has 4 N–H and O–H groups in total. The van der Waals surface area contributed by atoms with Gasteiger partial charge in [0.15, 0.2) is 0 Å². The quantitative estimate of drug-likeness (QED) is 0.725. The number of nitrogens with two attached hydrogens (primary N) is 1. The smallest absolute Gasteiger partial charge is 0.309 e. The fraction of sp³-hybridized carbons (Fsp3) is 0.438. The molecule has 0 heterocycles. The maximum absolute atomic E-state index is 10.5. The number of hydrogen-bond donors (Lipinski definition) is 3. The molecule has 3 unspecified atom stereocenters. The first kappa shape index (κ1) is 16.4. The standard InChI is InChI=1S/C8H11N.C8H12O3/c1-7(9)8-5-3-2-4-6-8;1-5-2-3-6(8(10)11)7(9)4-5/h2-7H,9H2,1H3;4,6-7,9H,2-3H2,1H3,(H,10,11). The van der Waals surface area contributed by atoms with Gasteiger partial charge in [-0.2, -0.15) is 0 Å². The van der Waals surface area contributed by atoms with Gasteiger partial charge in [0.1, 0.15) is 0 Å². The van der Waals surface area contributed by atoms with Crippen molar-refractivity contribution in [3.63, 3.8) is 0 Å². The van der Waals surface area contributed by atoms with Crippen LogP contribution in [0.3, 0.4) is 0 Å². The lowest BCUT2D eigenvalue weighted by Gasteiger charge is -2.21. The largest absolute Gasteiger partial charge is 0.481 e. The van der Waals surface area contributed by atoms with Gasteiger partial charge in [-0.1, -0.05) is 42.0 Å². The first-order chi connectivity index (χ1) is 9.41. The number of rotatable bonds is 2. The highest BCUT2D eigenvalue weighted by atomic mass is 16.4. The summed E-state index contributed by atoms with van der Waals surface area (Å²) in [5.74, 6) is -1.50. The van der Waals surface area contributed by atoms with Crippen LogP contribution in [0.1, 0.15) is 38.3 Å². The molecular weight excluding hydrogens is 254 g/mol. The molecule has 0 saturated carbocycles. The number of allylic oxidation sites excluding steroid dienone is 1. The summed E-state index contributed by atoms with van der Waals surface area (Å²) in [4.78, 5) is 10.5. The molecule has 0 bridgehead atoms. The molecule has 0 fully saturated rings. The number of benzene rings is 1. The maximum atomic E-state index is 10.5. The normalized spacial score (nSPS) is 23.1. The highest BCUT2D eigenvalue weighted by Gasteiger charge is 2.27. The van der Waals surface area contributed by atoms with Crippen molar-refractivity contribution in [2.24, 2.45) is 11.7 Å². The van der Waals surface area contributed by atoms with Gasteiger partial charge in [0.05, 0.1) is 12.0 Å². The molecule has 1 aromatic rings. The van der Waals surface area contributed by atoms with Crippen LogP contribution in [0.2, 0.25) is 0 Å². The Morgan fingerprint density at radius 3 is 2.35 bits per heavy atom. The van der Waals surface area contributed by atoms with E-state index in [4.69, 9.17) is 10.8 Å². The lowest BCUT2D eigenvalue weighted by molar-refractivity contribution is -0.145. The topological polar surface area (TPSA) is 83.5 Å².